The Kier molecular flexibility index (Phi) is 10.2. The molecule has 44 heavy (non-hydrogen) atoms. The molecule has 0 saturated carbocycles. The standard InChI is InChI=1S/C32H45ClN2O9/c1-17(2)29(37)43-25-15-26(36)35(6)21-13-20(14-22(40-7)27(21)33)12-18(3)10-9-11-24(41-8)32(39)16-23(42-30(38)34-32)19(4)28-31(25,5)44-28/h9,11,13-14,17-19,23-25,28,39H,10,12,15-16H2,1-8H3,(H,34,38)/b11-9-/t18-,19+,23+,24-,25+,28+,31+,32+/m1/s1. The Morgan fingerprint density at radius 1 is 1.20 bits per heavy atom. The van der Waals surface area contributed by atoms with Gasteiger partial charge < -0.3 is 33.7 Å². The number of allylic oxidation sites excluding steroid dienone is 1. The second-order valence-electron chi connectivity index (χ2n) is 12.8. The summed E-state index contributed by atoms with van der Waals surface area (Å²) in [6.07, 6.45) is 0.926. The van der Waals surface area contributed by atoms with Crippen molar-refractivity contribution in [3.8, 4) is 5.75 Å². The van der Waals surface area contributed by atoms with Crippen LogP contribution < -0.4 is 15.0 Å². The molecular weight excluding hydrogens is 592 g/mol. The highest BCUT2D eigenvalue weighted by Gasteiger charge is 2.64. The number of carbonyl (C=O) groups excluding carboxylic acids is 3. The van der Waals surface area contributed by atoms with Crippen LogP contribution in [0.15, 0.2) is 24.3 Å². The number of ether oxygens (including phenoxy) is 5. The molecule has 11 nitrogen and oxygen atoms in total. The summed E-state index contributed by atoms with van der Waals surface area (Å²) in [6.45, 7) is 9.12. The number of nitrogens with zero attached hydrogens (tertiary/aromatic N) is 1. The van der Waals surface area contributed by atoms with Crippen molar-refractivity contribution in [1.29, 1.82) is 0 Å². The van der Waals surface area contributed by atoms with Gasteiger partial charge in [0.05, 0.1) is 31.2 Å². The van der Waals surface area contributed by atoms with Crippen LogP contribution in [-0.4, -0.2) is 80.1 Å². The Bertz CT molecular complexity index is 1290. The SMILES string of the molecule is COc1cc2cc(c1Cl)N(C)C(=O)C[C@H](OC(=O)C(C)C)[C@]1(C)O[C@H]1[C@@H](C)[C@@H]1C[C@@](O)(NC(=O)O1)[C@H](OC)/C=C\C[C@@H](C)C2. The third-order valence-corrected chi connectivity index (χ3v) is 9.34. The third kappa shape index (κ3) is 7.01. The maximum atomic E-state index is 13.8. The summed E-state index contributed by atoms with van der Waals surface area (Å²) >= 11 is 6.70. The van der Waals surface area contributed by atoms with Crippen LogP contribution in [0.1, 0.15) is 59.4 Å². The number of amides is 2. The van der Waals surface area contributed by atoms with Crippen molar-refractivity contribution in [3.63, 3.8) is 0 Å². The molecule has 0 spiro atoms. The Labute approximate surface area is 264 Å². The van der Waals surface area contributed by atoms with Gasteiger partial charge in [0, 0.05) is 26.5 Å². The molecule has 3 aliphatic heterocycles. The van der Waals surface area contributed by atoms with Crippen molar-refractivity contribution in [3.05, 3.63) is 34.9 Å². The molecule has 2 amide bonds. The Morgan fingerprint density at radius 2 is 1.91 bits per heavy atom. The number of halogens is 1. The van der Waals surface area contributed by atoms with Gasteiger partial charge in [-0.15, -0.1) is 0 Å². The first-order valence-electron chi connectivity index (χ1n) is 15.0. The van der Waals surface area contributed by atoms with Gasteiger partial charge in [-0.1, -0.05) is 51.4 Å². The normalized spacial score (nSPS) is 35.3. The molecular formula is C32H45ClN2O9. The fraction of sp³-hybridized carbons (Fsp3) is 0.656. The summed E-state index contributed by atoms with van der Waals surface area (Å²) in [6, 6.07) is 3.71. The smallest absolute Gasteiger partial charge is 0.409 e. The zero-order valence-electron chi connectivity index (χ0n) is 26.7. The van der Waals surface area contributed by atoms with Crippen LogP contribution in [0.2, 0.25) is 5.02 Å². The van der Waals surface area contributed by atoms with Crippen molar-refractivity contribution < 1.29 is 43.2 Å². The van der Waals surface area contributed by atoms with E-state index in [0.29, 0.717) is 29.3 Å². The number of epoxide rings is 1. The van der Waals surface area contributed by atoms with Gasteiger partial charge in [-0.2, -0.15) is 0 Å². The van der Waals surface area contributed by atoms with Gasteiger partial charge >= 0.3 is 12.1 Å². The van der Waals surface area contributed by atoms with E-state index in [-0.39, 0.29) is 24.7 Å². The van der Waals surface area contributed by atoms with E-state index in [4.69, 9.17) is 35.3 Å². The molecule has 2 fully saturated rings. The summed E-state index contributed by atoms with van der Waals surface area (Å²) in [5.41, 5.74) is -1.41. The van der Waals surface area contributed by atoms with E-state index in [9.17, 15) is 19.5 Å². The molecule has 0 radical (unpaired) electrons. The van der Waals surface area contributed by atoms with E-state index >= 15 is 0 Å². The molecule has 12 heteroatoms. The molecule has 2 N–H and O–H groups in total. The topological polar surface area (TPSA) is 136 Å². The maximum Gasteiger partial charge on any atom is 0.409 e. The van der Waals surface area contributed by atoms with E-state index in [0.717, 1.165) is 5.56 Å². The Morgan fingerprint density at radius 3 is 2.55 bits per heavy atom. The number of anilines is 1. The molecule has 3 heterocycles. The summed E-state index contributed by atoms with van der Waals surface area (Å²) in [5, 5.41) is 14.4. The van der Waals surface area contributed by atoms with Crippen LogP contribution in [0, 0.1) is 17.8 Å². The monoisotopic (exact) mass is 636 g/mol. The Hall–Kier alpha value is -2.86. The van der Waals surface area contributed by atoms with Crippen LogP contribution >= 0.6 is 11.6 Å². The largest absolute Gasteiger partial charge is 0.495 e. The average molecular weight is 637 g/mol. The summed E-state index contributed by atoms with van der Waals surface area (Å²) in [4.78, 5) is 40.7. The number of esters is 1. The minimum absolute atomic E-state index is 0.0243. The number of aliphatic hydroxyl groups is 1. The first-order chi connectivity index (χ1) is 20.6. The van der Waals surface area contributed by atoms with Crippen LogP contribution in [0.4, 0.5) is 10.5 Å². The number of carbonyl (C=O) groups is 3. The highest BCUT2D eigenvalue weighted by Crippen LogP contribution is 2.49. The van der Waals surface area contributed by atoms with Gasteiger partial charge in [-0.05, 0) is 43.4 Å². The van der Waals surface area contributed by atoms with Crippen molar-refractivity contribution >= 4 is 35.3 Å². The lowest BCUT2D eigenvalue weighted by atomic mass is 9.83. The fourth-order valence-corrected chi connectivity index (χ4v) is 6.43. The van der Waals surface area contributed by atoms with Crippen molar-refractivity contribution in [1.82, 2.24) is 5.32 Å². The summed E-state index contributed by atoms with van der Waals surface area (Å²) in [5.74, 6) is -1.08. The molecule has 0 aromatic heterocycles. The predicted molar refractivity (Wildman–Crippen MR) is 164 cm³/mol. The number of benzene rings is 1. The summed E-state index contributed by atoms with van der Waals surface area (Å²) in [7, 11) is 4.61. The second kappa shape index (κ2) is 13.2. The number of methoxy groups -OCH3 is 2. The van der Waals surface area contributed by atoms with E-state index in [1.807, 2.05) is 25.1 Å². The van der Waals surface area contributed by atoms with Gasteiger partial charge in [-0.25, -0.2) is 4.79 Å². The van der Waals surface area contributed by atoms with E-state index in [1.165, 1.54) is 19.1 Å². The van der Waals surface area contributed by atoms with E-state index in [1.54, 1.807) is 33.9 Å². The third-order valence-electron chi connectivity index (χ3n) is 8.96. The predicted octanol–water partition coefficient (Wildman–Crippen LogP) is 4.40. The number of rotatable bonds is 4. The average Bonchev–Trinajstić information content (AvgIpc) is 3.66. The molecule has 8 atom stereocenters. The number of hydrogen-bond acceptors (Lipinski definition) is 9. The minimum atomic E-state index is -1.74. The number of alkyl carbamates (subject to hydrolysis) is 1. The lowest BCUT2D eigenvalue weighted by molar-refractivity contribution is -0.157. The number of fused-ring (bicyclic) bond motifs is 5. The van der Waals surface area contributed by atoms with Crippen LogP contribution in [-0.2, 0) is 35.0 Å². The van der Waals surface area contributed by atoms with Gasteiger partial charge in [0.15, 0.2) is 5.72 Å². The van der Waals surface area contributed by atoms with Gasteiger partial charge in [-0.3, -0.25) is 14.9 Å². The van der Waals surface area contributed by atoms with Crippen molar-refractivity contribution in [2.75, 3.05) is 26.2 Å². The van der Waals surface area contributed by atoms with Crippen molar-refractivity contribution in [2.45, 2.75) is 96.0 Å². The molecule has 3 aliphatic rings. The van der Waals surface area contributed by atoms with Crippen LogP contribution in [0.25, 0.3) is 0 Å². The highest BCUT2D eigenvalue weighted by molar-refractivity contribution is 6.35. The zero-order valence-corrected chi connectivity index (χ0v) is 27.5. The first-order valence-corrected chi connectivity index (χ1v) is 15.4. The maximum absolute atomic E-state index is 13.8. The minimum Gasteiger partial charge on any atom is -0.495 e. The van der Waals surface area contributed by atoms with Gasteiger partial charge in [0.1, 0.15) is 34.7 Å². The molecule has 244 valence electrons. The molecule has 0 aliphatic carbocycles. The van der Waals surface area contributed by atoms with Crippen LogP contribution in [0.3, 0.4) is 0 Å². The lowest BCUT2D eigenvalue weighted by Crippen LogP contribution is -2.63. The highest BCUT2D eigenvalue weighted by atomic mass is 35.5. The molecule has 4 rings (SSSR count). The van der Waals surface area contributed by atoms with E-state index < -0.39 is 59.6 Å². The molecule has 0 unspecified atom stereocenters. The van der Waals surface area contributed by atoms with Gasteiger partial charge in [0.25, 0.3) is 0 Å². The van der Waals surface area contributed by atoms with E-state index in [2.05, 4.69) is 12.2 Å². The second-order valence-corrected chi connectivity index (χ2v) is 13.2. The molecule has 1 aromatic carbocycles. The van der Waals surface area contributed by atoms with Crippen molar-refractivity contribution in [2.24, 2.45) is 17.8 Å². The first kappa shape index (κ1) is 34.0. The number of hydrogen-bond donors (Lipinski definition) is 2. The lowest BCUT2D eigenvalue weighted by Gasteiger charge is -2.42. The molecule has 4 bridgehead atoms. The Balaban J connectivity index is 1.76. The fourth-order valence-electron chi connectivity index (χ4n) is 6.12. The van der Waals surface area contributed by atoms with Gasteiger partial charge in [0.2, 0.25) is 5.91 Å². The molecule has 1 aromatic rings. The molecule has 2 saturated heterocycles. The van der Waals surface area contributed by atoms with Crippen LogP contribution in [0.5, 0.6) is 5.75 Å². The zero-order chi connectivity index (χ0) is 32.6. The number of nitrogens with one attached hydrogen (secondary N) is 1. The quantitative estimate of drug-likeness (QED) is 0.280. The summed E-state index contributed by atoms with van der Waals surface area (Å²) < 4.78 is 28.9.